The minimum Gasteiger partial charge on any atom is -0.452 e. The van der Waals surface area contributed by atoms with Crippen molar-refractivity contribution in [2.75, 3.05) is 0 Å². The van der Waals surface area contributed by atoms with Crippen molar-refractivity contribution in [2.24, 2.45) is 4.99 Å². The molecule has 0 atom stereocenters. The number of halogens is 1. The maximum absolute atomic E-state index is 5.88. The third-order valence-electron chi connectivity index (χ3n) is 2.62. The number of hydrogen-bond donors (Lipinski definition) is 0. The molecule has 1 heterocycles. The van der Waals surface area contributed by atoms with Crippen LogP contribution in [0.2, 0.25) is 0 Å². The van der Waals surface area contributed by atoms with Crippen LogP contribution in [-0.2, 0) is 0 Å². The zero-order valence-electron chi connectivity index (χ0n) is 9.27. The van der Waals surface area contributed by atoms with Gasteiger partial charge in [-0.05, 0) is 52.7 Å². The van der Waals surface area contributed by atoms with Crippen molar-refractivity contribution in [1.82, 2.24) is 0 Å². The zero-order chi connectivity index (χ0) is 11.8. The van der Waals surface area contributed by atoms with Crippen LogP contribution in [0.15, 0.2) is 57.7 Å². The lowest BCUT2D eigenvalue weighted by atomic mass is 10.1. The molecule has 3 heteroatoms. The topological polar surface area (TPSA) is 21.6 Å². The molecule has 0 amide bonds. The maximum atomic E-state index is 5.88. The first-order valence-electron chi connectivity index (χ1n) is 5.36. The van der Waals surface area contributed by atoms with Gasteiger partial charge in [0.15, 0.2) is 11.5 Å². The van der Waals surface area contributed by atoms with Gasteiger partial charge in [0.25, 0.3) is 0 Å². The van der Waals surface area contributed by atoms with E-state index in [1.807, 2.05) is 49.4 Å². The lowest BCUT2D eigenvalue weighted by Gasteiger charge is -2.18. The summed E-state index contributed by atoms with van der Waals surface area (Å²) in [6.07, 6.45) is 7.81. The normalized spacial score (nSPS) is 16.9. The zero-order valence-corrected chi connectivity index (χ0v) is 10.9. The number of hydrogen-bond acceptors (Lipinski definition) is 2. The number of benzene rings is 1. The van der Waals surface area contributed by atoms with Crippen molar-refractivity contribution >= 4 is 27.3 Å². The number of nitrogens with zero attached hydrogens (tertiary/aromatic N) is 1. The predicted octanol–water partition coefficient (Wildman–Crippen LogP) is 4.19. The molecule has 1 aliphatic carbocycles. The van der Waals surface area contributed by atoms with Gasteiger partial charge in [-0.15, -0.1) is 0 Å². The monoisotopic (exact) mass is 287 g/mol. The van der Waals surface area contributed by atoms with Crippen LogP contribution in [0.4, 0.5) is 5.69 Å². The molecule has 2 nitrogen and oxygen atoms in total. The first-order chi connectivity index (χ1) is 8.24. The van der Waals surface area contributed by atoms with E-state index in [-0.39, 0.29) is 0 Å². The van der Waals surface area contributed by atoms with Gasteiger partial charge in [-0.25, -0.2) is 4.99 Å². The van der Waals surface area contributed by atoms with Gasteiger partial charge >= 0.3 is 0 Å². The lowest BCUT2D eigenvalue weighted by molar-refractivity contribution is 0.450. The molecule has 0 spiro atoms. The minimum atomic E-state index is 0.770. The molecule has 17 heavy (non-hydrogen) atoms. The van der Waals surface area contributed by atoms with Gasteiger partial charge in [0.1, 0.15) is 11.4 Å². The quantitative estimate of drug-likeness (QED) is 0.701. The fourth-order valence-electron chi connectivity index (χ4n) is 1.79. The number of ether oxygens (including phenoxy) is 1. The standard InChI is InChI=1S/C14H10BrNO/c1-9-6-7-13-12(8-9)16-11-5-3-2-4-10(15)14(11)17-13/h2-8H,1H3. The van der Waals surface area contributed by atoms with Gasteiger partial charge in [0.05, 0.1) is 4.48 Å². The Morgan fingerprint density at radius 1 is 1.18 bits per heavy atom. The second-order valence-corrected chi connectivity index (χ2v) is 4.82. The molecule has 0 saturated carbocycles. The maximum Gasteiger partial charge on any atom is 0.167 e. The van der Waals surface area contributed by atoms with Crippen LogP contribution in [0.25, 0.3) is 0 Å². The average Bonchev–Trinajstić information content (AvgIpc) is 2.49. The van der Waals surface area contributed by atoms with E-state index < -0.39 is 0 Å². The molecule has 0 aromatic heterocycles. The summed E-state index contributed by atoms with van der Waals surface area (Å²) in [4.78, 5) is 4.62. The Hall–Kier alpha value is -1.61. The van der Waals surface area contributed by atoms with Gasteiger partial charge in [-0.3, -0.25) is 0 Å². The van der Waals surface area contributed by atoms with Crippen molar-refractivity contribution in [3.63, 3.8) is 0 Å². The van der Waals surface area contributed by atoms with E-state index >= 15 is 0 Å². The molecular weight excluding hydrogens is 278 g/mol. The first-order valence-corrected chi connectivity index (χ1v) is 6.15. The molecule has 0 saturated heterocycles. The van der Waals surface area contributed by atoms with Crippen molar-refractivity contribution < 1.29 is 4.74 Å². The van der Waals surface area contributed by atoms with Gasteiger partial charge in [-0.1, -0.05) is 18.2 Å². The third kappa shape index (κ3) is 1.87. The van der Waals surface area contributed by atoms with Crippen molar-refractivity contribution in [3.05, 3.63) is 58.3 Å². The number of aryl methyl sites for hydroxylation is 1. The Bertz CT molecular complexity index is 609. The smallest absolute Gasteiger partial charge is 0.167 e. The number of rotatable bonds is 0. The van der Waals surface area contributed by atoms with Crippen LogP contribution in [0.3, 0.4) is 0 Å². The molecule has 0 N–H and O–H groups in total. The molecule has 3 rings (SSSR count). The Balaban J connectivity index is 2.20. The summed E-state index contributed by atoms with van der Waals surface area (Å²) >= 11 is 3.49. The van der Waals surface area contributed by atoms with Crippen molar-refractivity contribution in [1.29, 1.82) is 0 Å². The van der Waals surface area contributed by atoms with Gasteiger partial charge in [-0.2, -0.15) is 0 Å². The van der Waals surface area contributed by atoms with Crippen LogP contribution in [0.5, 0.6) is 5.75 Å². The number of allylic oxidation sites excluding steroid dienone is 5. The summed E-state index contributed by atoms with van der Waals surface area (Å²) in [5, 5.41) is 0. The van der Waals surface area contributed by atoms with Crippen molar-refractivity contribution in [3.8, 4) is 5.75 Å². The molecule has 0 bridgehead atoms. The molecule has 1 aromatic rings. The Kier molecular flexibility index (Phi) is 2.48. The number of aliphatic imine (C=N–C) groups is 1. The highest BCUT2D eigenvalue weighted by atomic mass is 79.9. The lowest BCUT2D eigenvalue weighted by Crippen LogP contribution is -2.11. The Morgan fingerprint density at radius 3 is 2.88 bits per heavy atom. The van der Waals surface area contributed by atoms with Crippen LogP contribution in [0.1, 0.15) is 5.56 Å². The van der Waals surface area contributed by atoms with Crippen LogP contribution in [0, 0.1) is 6.92 Å². The second kappa shape index (κ2) is 4.00. The summed E-state index contributed by atoms with van der Waals surface area (Å²) in [6.45, 7) is 2.05. The Labute approximate surface area is 108 Å². The highest BCUT2D eigenvalue weighted by molar-refractivity contribution is 9.11. The van der Waals surface area contributed by atoms with E-state index in [0.29, 0.717) is 0 Å². The minimum absolute atomic E-state index is 0.770. The van der Waals surface area contributed by atoms with E-state index in [2.05, 4.69) is 20.9 Å². The van der Waals surface area contributed by atoms with Gasteiger partial charge in [0, 0.05) is 0 Å². The summed E-state index contributed by atoms with van der Waals surface area (Å²) in [6, 6.07) is 6.01. The Morgan fingerprint density at radius 2 is 2.00 bits per heavy atom. The van der Waals surface area contributed by atoms with E-state index in [0.717, 1.165) is 27.4 Å². The largest absolute Gasteiger partial charge is 0.452 e. The molecular formula is C14H10BrNO. The fraction of sp³-hybridized carbons (Fsp3) is 0.0714. The first kappa shape index (κ1) is 10.5. The summed E-state index contributed by atoms with van der Waals surface area (Å²) in [5.74, 6) is 1.57. The van der Waals surface area contributed by atoms with Crippen LogP contribution in [-0.4, -0.2) is 5.71 Å². The summed E-state index contributed by atoms with van der Waals surface area (Å²) < 4.78 is 6.79. The summed E-state index contributed by atoms with van der Waals surface area (Å²) in [5.41, 5.74) is 2.91. The van der Waals surface area contributed by atoms with Crippen LogP contribution < -0.4 is 4.74 Å². The second-order valence-electron chi connectivity index (χ2n) is 3.97. The molecule has 2 aliphatic rings. The number of fused-ring (bicyclic) bond motifs is 2. The SMILES string of the molecule is Cc1ccc2c(c1)N=C1C=CC=CC(Br)=C1O2. The highest BCUT2D eigenvalue weighted by Crippen LogP contribution is 2.36. The molecule has 0 fully saturated rings. The van der Waals surface area contributed by atoms with Gasteiger partial charge < -0.3 is 4.74 Å². The highest BCUT2D eigenvalue weighted by Gasteiger charge is 2.20. The average molecular weight is 288 g/mol. The fourth-order valence-corrected chi connectivity index (χ4v) is 2.23. The summed E-state index contributed by atoms with van der Waals surface area (Å²) in [7, 11) is 0. The molecule has 0 unspecified atom stereocenters. The van der Waals surface area contributed by atoms with E-state index in [1.54, 1.807) is 0 Å². The van der Waals surface area contributed by atoms with Crippen LogP contribution >= 0.6 is 15.9 Å². The molecule has 84 valence electrons. The molecule has 0 radical (unpaired) electrons. The van der Waals surface area contributed by atoms with E-state index in [4.69, 9.17) is 4.74 Å². The van der Waals surface area contributed by atoms with E-state index in [9.17, 15) is 0 Å². The van der Waals surface area contributed by atoms with E-state index in [1.165, 1.54) is 5.56 Å². The molecule has 1 aromatic carbocycles. The predicted molar refractivity (Wildman–Crippen MR) is 73.1 cm³/mol. The van der Waals surface area contributed by atoms with Gasteiger partial charge in [0.2, 0.25) is 0 Å². The van der Waals surface area contributed by atoms with Crippen molar-refractivity contribution in [2.45, 2.75) is 6.92 Å². The third-order valence-corrected chi connectivity index (χ3v) is 3.25. The molecule has 1 aliphatic heterocycles.